The smallest absolute Gasteiger partial charge is 0.171 e. The van der Waals surface area contributed by atoms with Crippen LogP contribution in [0.2, 0.25) is 0 Å². The third-order valence-electron chi connectivity index (χ3n) is 3.66. The van der Waals surface area contributed by atoms with Gasteiger partial charge in [0.05, 0.1) is 5.75 Å². The van der Waals surface area contributed by atoms with Crippen LogP contribution < -0.4 is 0 Å². The Hall–Kier alpha value is -1.49. The number of phenolic OH excluding ortho intramolecular Hbond substituents is 2. The van der Waals surface area contributed by atoms with Crippen LogP contribution in [-0.2, 0) is 9.84 Å². The molecule has 0 unspecified atom stereocenters. The van der Waals surface area contributed by atoms with Crippen LogP contribution in [0.1, 0.15) is 37.7 Å². The van der Waals surface area contributed by atoms with Crippen molar-refractivity contribution in [2.24, 2.45) is 5.92 Å². The summed E-state index contributed by atoms with van der Waals surface area (Å²) in [6.45, 7) is 0. The van der Waals surface area contributed by atoms with Gasteiger partial charge in [-0.3, -0.25) is 0 Å². The summed E-state index contributed by atoms with van der Waals surface area (Å²) in [4.78, 5) is 0. The molecular weight excluding hydrogens is 276 g/mol. The second kappa shape index (κ2) is 6.31. The van der Waals surface area contributed by atoms with Crippen LogP contribution in [0.5, 0.6) is 11.5 Å². The molecular formula is C15H20O4S. The third-order valence-corrected chi connectivity index (χ3v) is 5.15. The number of aromatic hydroxyl groups is 2. The Balaban J connectivity index is 2.02. The van der Waals surface area contributed by atoms with Gasteiger partial charge in [0.15, 0.2) is 21.3 Å². The molecule has 1 aliphatic carbocycles. The largest absolute Gasteiger partial charge is 0.504 e. The minimum Gasteiger partial charge on any atom is -0.504 e. The predicted octanol–water partition coefficient (Wildman–Crippen LogP) is 3.06. The van der Waals surface area contributed by atoms with Crippen LogP contribution in [0.25, 0.3) is 6.08 Å². The van der Waals surface area contributed by atoms with Gasteiger partial charge in [-0.25, -0.2) is 8.42 Å². The molecule has 2 N–H and O–H groups in total. The molecule has 1 fully saturated rings. The lowest BCUT2D eigenvalue weighted by atomic mass is 9.91. The fourth-order valence-corrected chi connectivity index (χ4v) is 4.03. The van der Waals surface area contributed by atoms with Gasteiger partial charge in [-0.1, -0.05) is 25.3 Å². The molecule has 0 aliphatic heterocycles. The first-order chi connectivity index (χ1) is 9.46. The zero-order valence-corrected chi connectivity index (χ0v) is 12.1. The molecule has 110 valence electrons. The molecule has 0 amide bonds. The van der Waals surface area contributed by atoms with Crippen LogP contribution in [0.15, 0.2) is 23.6 Å². The summed E-state index contributed by atoms with van der Waals surface area (Å²) in [5.41, 5.74) is 0.549. The molecule has 0 atom stereocenters. The molecule has 2 rings (SSSR count). The highest BCUT2D eigenvalue weighted by molar-refractivity contribution is 7.94. The van der Waals surface area contributed by atoms with Crippen LogP contribution in [0.3, 0.4) is 0 Å². The third kappa shape index (κ3) is 4.27. The van der Waals surface area contributed by atoms with E-state index in [-0.39, 0.29) is 23.2 Å². The lowest BCUT2D eigenvalue weighted by Gasteiger charge is -2.20. The maximum absolute atomic E-state index is 12.0. The highest BCUT2D eigenvalue weighted by Crippen LogP contribution is 2.27. The van der Waals surface area contributed by atoms with Crippen molar-refractivity contribution in [1.82, 2.24) is 0 Å². The normalized spacial score (nSPS) is 17.6. The van der Waals surface area contributed by atoms with Crippen molar-refractivity contribution in [3.05, 3.63) is 29.2 Å². The highest BCUT2D eigenvalue weighted by Gasteiger charge is 2.19. The Morgan fingerprint density at radius 3 is 2.45 bits per heavy atom. The van der Waals surface area contributed by atoms with Crippen LogP contribution >= 0.6 is 0 Å². The van der Waals surface area contributed by atoms with E-state index in [1.807, 2.05) is 0 Å². The lowest BCUT2D eigenvalue weighted by molar-refractivity contribution is 0.386. The Labute approximate surface area is 119 Å². The molecule has 0 spiro atoms. The molecule has 1 aromatic carbocycles. The molecule has 1 saturated carbocycles. The second-order valence-electron chi connectivity index (χ2n) is 5.38. The average molecular weight is 296 g/mol. The quantitative estimate of drug-likeness (QED) is 0.837. The van der Waals surface area contributed by atoms with E-state index in [4.69, 9.17) is 0 Å². The van der Waals surface area contributed by atoms with Crippen molar-refractivity contribution < 1.29 is 18.6 Å². The van der Waals surface area contributed by atoms with Crippen molar-refractivity contribution in [2.45, 2.75) is 32.1 Å². The van der Waals surface area contributed by atoms with Crippen molar-refractivity contribution in [3.63, 3.8) is 0 Å². The number of phenols is 2. The molecule has 0 saturated heterocycles. The summed E-state index contributed by atoms with van der Waals surface area (Å²) in [7, 11) is -3.23. The maximum atomic E-state index is 12.0. The number of rotatable bonds is 4. The minimum atomic E-state index is -3.23. The second-order valence-corrected chi connectivity index (χ2v) is 7.32. The van der Waals surface area contributed by atoms with Crippen LogP contribution in [-0.4, -0.2) is 24.4 Å². The van der Waals surface area contributed by atoms with E-state index in [2.05, 4.69) is 0 Å². The van der Waals surface area contributed by atoms with E-state index >= 15 is 0 Å². The topological polar surface area (TPSA) is 74.6 Å². The Bertz CT molecular complexity index is 584. The van der Waals surface area contributed by atoms with E-state index < -0.39 is 9.84 Å². The summed E-state index contributed by atoms with van der Waals surface area (Å²) in [5, 5.41) is 19.8. The Morgan fingerprint density at radius 2 is 1.80 bits per heavy atom. The number of sulfone groups is 1. The number of benzene rings is 1. The van der Waals surface area contributed by atoms with Crippen LogP contribution in [0, 0.1) is 5.92 Å². The predicted molar refractivity (Wildman–Crippen MR) is 79.2 cm³/mol. The molecule has 4 nitrogen and oxygen atoms in total. The molecule has 20 heavy (non-hydrogen) atoms. The monoisotopic (exact) mass is 296 g/mol. The zero-order valence-electron chi connectivity index (χ0n) is 11.3. The maximum Gasteiger partial charge on any atom is 0.171 e. The van der Waals surface area contributed by atoms with Gasteiger partial charge >= 0.3 is 0 Å². The number of hydrogen-bond acceptors (Lipinski definition) is 4. The van der Waals surface area contributed by atoms with Gasteiger partial charge in [0.25, 0.3) is 0 Å². The molecule has 1 aromatic rings. The molecule has 0 bridgehead atoms. The van der Waals surface area contributed by atoms with Crippen LogP contribution in [0.4, 0.5) is 0 Å². The van der Waals surface area contributed by atoms with Gasteiger partial charge in [-0.15, -0.1) is 0 Å². The Morgan fingerprint density at radius 1 is 1.10 bits per heavy atom. The SMILES string of the molecule is O=S(=O)(/C=C/c1ccc(O)c(O)c1)CC1CCCCC1. The molecule has 0 aromatic heterocycles. The van der Waals surface area contributed by atoms with Gasteiger partial charge in [-0.05, 0) is 42.5 Å². The molecule has 0 radical (unpaired) electrons. The Kier molecular flexibility index (Phi) is 4.70. The van der Waals surface area contributed by atoms with Crippen molar-refractivity contribution in [1.29, 1.82) is 0 Å². The van der Waals surface area contributed by atoms with Gasteiger partial charge in [0.1, 0.15) is 0 Å². The first-order valence-electron chi connectivity index (χ1n) is 6.89. The summed E-state index contributed by atoms with van der Waals surface area (Å²) < 4.78 is 24.1. The molecule has 0 heterocycles. The zero-order chi connectivity index (χ0) is 14.6. The summed E-state index contributed by atoms with van der Waals surface area (Å²) in [5.74, 6) is 0.00349. The molecule has 5 heteroatoms. The molecule has 1 aliphatic rings. The van der Waals surface area contributed by atoms with Gasteiger partial charge in [-0.2, -0.15) is 0 Å². The van der Waals surface area contributed by atoms with E-state index in [0.29, 0.717) is 5.56 Å². The summed E-state index contributed by atoms with van der Waals surface area (Å²) >= 11 is 0. The van der Waals surface area contributed by atoms with E-state index in [1.54, 1.807) is 6.07 Å². The van der Waals surface area contributed by atoms with Crippen molar-refractivity contribution in [3.8, 4) is 11.5 Å². The van der Waals surface area contributed by atoms with Gasteiger partial charge < -0.3 is 10.2 Å². The van der Waals surface area contributed by atoms with Gasteiger partial charge in [0, 0.05) is 5.41 Å². The fraction of sp³-hybridized carbons (Fsp3) is 0.467. The summed E-state index contributed by atoms with van der Waals surface area (Å²) in [6.07, 6.45) is 6.89. The van der Waals surface area contributed by atoms with E-state index in [1.165, 1.54) is 30.0 Å². The summed E-state index contributed by atoms with van der Waals surface area (Å²) in [6, 6.07) is 4.23. The fourth-order valence-electron chi connectivity index (χ4n) is 2.56. The first kappa shape index (κ1) is 14.9. The number of hydrogen-bond donors (Lipinski definition) is 2. The van der Waals surface area contributed by atoms with E-state index in [9.17, 15) is 18.6 Å². The first-order valence-corrected chi connectivity index (χ1v) is 8.61. The van der Waals surface area contributed by atoms with Crippen molar-refractivity contribution in [2.75, 3.05) is 5.75 Å². The van der Waals surface area contributed by atoms with Gasteiger partial charge in [0.2, 0.25) is 0 Å². The van der Waals surface area contributed by atoms with E-state index in [0.717, 1.165) is 25.7 Å². The standard InChI is InChI=1S/C15H20O4S/c16-14-7-6-12(10-15(14)17)8-9-20(18,19)11-13-4-2-1-3-5-13/h6-10,13,16-17H,1-5,11H2/b9-8+. The minimum absolute atomic E-state index is 0.202. The average Bonchev–Trinajstić information content (AvgIpc) is 2.41. The highest BCUT2D eigenvalue weighted by atomic mass is 32.2. The lowest BCUT2D eigenvalue weighted by Crippen LogP contribution is -2.16. The van der Waals surface area contributed by atoms with Crippen molar-refractivity contribution >= 4 is 15.9 Å².